The first-order valence-corrected chi connectivity index (χ1v) is 7.88. The van der Waals surface area contributed by atoms with Gasteiger partial charge in [0.2, 0.25) is 10.0 Å². The van der Waals surface area contributed by atoms with Gasteiger partial charge in [0, 0.05) is 12.2 Å². The van der Waals surface area contributed by atoms with Crippen LogP contribution in [0.1, 0.15) is 12.5 Å². The standard InChI is InChI=1S/C15H18N2O2S/c1-3-17-20(18,19)14-8-6-12(7-9-14)13-5-4-11(2)15(16)10-13/h4-10,17H,3,16H2,1-2H3. The van der Waals surface area contributed by atoms with Gasteiger partial charge in [0.05, 0.1) is 4.90 Å². The van der Waals surface area contributed by atoms with Gasteiger partial charge in [-0.25, -0.2) is 13.1 Å². The van der Waals surface area contributed by atoms with Crippen LogP contribution in [-0.4, -0.2) is 15.0 Å². The number of rotatable bonds is 4. The molecule has 2 aromatic rings. The summed E-state index contributed by atoms with van der Waals surface area (Å²) in [7, 11) is -3.40. The van der Waals surface area contributed by atoms with E-state index in [2.05, 4.69) is 4.72 Å². The molecule has 0 radical (unpaired) electrons. The van der Waals surface area contributed by atoms with Crippen molar-refractivity contribution in [1.29, 1.82) is 0 Å². The smallest absolute Gasteiger partial charge is 0.240 e. The lowest BCUT2D eigenvalue weighted by atomic mass is 10.0. The quantitative estimate of drug-likeness (QED) is 0.850. The molecular formula is C15H18N2O2S. The minimum Gasteiger partial charge on any atom is -0.398 e. The number of hydrogen-bond donors (Lipinski definition) is 2. The first-order valence-electron chi connectivity index (χ1n) is 6.40. The molecule has 0 aliphatic heterocycles. The summed E-state index contributed by atoms with van der Waals surface area (Å²) < 4.78 is 26.2. The van der Waals surface area contributed by atoms with E-state index in [1.54, 1.807) is 31.2 Å². The van der Waals surface area contributed by atoms with Crippen molar-refractivity contribution in [2.24, 2.45) is 0 Å². The number of nitrogen functional groups attached to an aromatic ring is 1. The minimum absolute atomic E-state index is 0.267. The third-order valence-electron chi connectivity index (χ3n) is 3.11. The Morgan fingerprint density at radius 1 is 1.05 bits per heavy atom. The van der Waals surface area contributed by atoms with Gasteiger partial charge in [-0.2, -0.15) is 0 Å². The maximum atomic E-state index is 11.8. The highest BCUT2D eigenvalue weighted by molar-refractivity contribution is 7.89. The van der Waals surface area contributed by atoms with Gasteiger partial charge in [-0.1, -0.05) is 31.2 Å². The van der Waals surface area contributed by atoms with Gasteiger partial charge < -0.3 is 5.73 Å². The molecule has 0 aliphatic carbocycles. The van der Waals surface area contributed by atoms with E-state index in [1.807, 2.05) is 25.1 Å². The largest absolute Gasteiger partial charge is 0.398 e. The summed E-state index contributed by atoms with van der Waals surface area (Å²) >= 11 is 0. The van der Waals surface area contributed by atoms with Crippen LogP contribution >= 0.6 is 0 Å². The predicted molar refractivity (Wildman–Crippen MR) is 81.9 cm³/mol. The van der Waals surface area contributed by atoms with E-state index in [0.717, 1.165) is 22.4 Å². The molecule has 0 spiro atoms. The molecule has 0 unspecified atom stereocenters. The van der Waals surface area contributed by atoms with Crippen LogP contribution in [0.15, 0.2) is 47.4 Å². The van der Waals surface area contributed by atoms with Crippen LogP contribution in [0.5, 0.6) is 0 Å². The summed E-state index contributed by atoms with van der Waals surface area (Å²) in [6.07, 6.45) is 0. The number of benzene rings is 2. The Labute approximate surface area is 119 Å². The maximum absolute atomic E-state index is 11.8. The number of nitrogens with two attached hydrogens (primary N) is 1. The first kappa shape index (κ1) is 14.6. The number of aryl methyl sites for hydroxylation is 1. The van der Waals surface area contributed by atoms with Gasteiger partial charge >= 0.3 is 0 Å². The van der Waals surface area contributed by atoms with Crippen LogP contribution in [0.25, 0.3) is 11.1 Å². The summed E-state index contributed by atoms with van der Waals surface area (Å²) in [6.45, 7) is 4.07. The molecule has 3 N–H and O–H groups in total. The lowest BCUT2D eigenvalue weighted by Crippen LogP contribution is -2.22. The van der Waals surface area contributed by atoms with Crippen molar-refractivity contribution in [2.45, 2.75) is 18.7 Å². The van der Waals surface area contributed by atoms with Crippen molar-refractivity contribution in [3.63, 3.8) is 0 Å². The van der Waals surface area contributed by atoms with Crippen LogP contribution in [0, 0.1) is 6.92 Å². The fraction of sp³-hybridized carbons (Fsp3) is 0.200. The molecule has 0 aliphatic rings. The molecule has 106 valence electrons. The number of nitrogens with one attached hydrogen (secondary N) is 1. The second-order valence-electron chi connectivity index (χ2n) is 4.60. The van der Waals surface area contributed by atoms with Gasteiger partial charge in [0.1, 0.15) is 0 Å². The molecule has 0 atom stereocenters. The van der Waals surface area contributed by atoms with Gasteiger partial charge in [-0.05, 0) is 41.8 Å². The fourth-order valence-corrected chi connectivity index (χ4v) is 2.96. The highest BCUT2D eigenvalue weighted by atomic mass is 32.2. The average molecular weight is 290 g/mol. The molecule has 0 heterocycles. The van der Waals surface area contributed by atoms with E-state index in [9.17, 15) is 8.42 Å². The zero-order valence-electron chi connectivity index (χ0n) is 11.6. The number of hydrogen-bond acceptors (Lipinski definition) is 3. The van der Waals surface area contributed by atoms with Crippen molar-refractivity contribution in [3.8, 4) is 11.1 Å². The van der Waals surface area contributed by atoms with E-state index < -0.39 is 10.0 Å². The molecular weight excluding hydrogens is 272 g/mol. The molecule has 0 bridgehead atoms. The van der Waals surface area contributed by atoms with Crippen molar-refractivity contribution in [2.75, 3.05) is 12.3 Å². The summed E-state index contributed by atoms with van der Waals surface area (Å²) in [4.78, 5) is 0.267. The van der Waals surface area contributed by atoms with Crippen LogP contribution in [0.3, 0.4) is 0 Å². The lowest BCUT2D eigenvalue weighted by molar-refractivity contribution is 0.584. The SMILES string of the molecule is CCNS(=O)(=O)c1ccc(-c2ccc(C)c(N)c2)cc1. The summed E-state index contributed by atoms with van der Waals surface area (Å²) in [5.41, 5.74) is 9.56. The lowest BCUT2D eigenvalue weighted by Gasteiger charge is -2.08. The Morgan fingerprint density at radius 3 is 2.20 bits per heavy atom. The second kappa shape index (κ2) is 5.64. The van der Waals surface area contributed by atoms with Gasteiger partial charge in [0.15, 0.2) is 0 Å². The van der Waals surface area contributed by atoms with E-state index >= 15 is 0 Å². The molecule has 0 fully saturated rings. The second-order valence-corrected chi connectivity index (χ2v) is 6.36. The Kier molecular flexibility index (Phi) is 4.11. The topological polar surface area (TPSA) is 72.2 Å². The van der Waals surface area contributed by atoms with Gasteiger partial charge in [-0.15, -0.1) is 0 Å². The minimum atomic E-state index is -3.40. The first-order chi connectivity index (χ1) is 9.44. The Bertz CT molecular complexity index is 707. The highest BCUT2D eigenvalue weighted by Crippen LogP contribution is 2.24. The molecule has 0 amide bonds. The zero-order chi connectivity index (χ0) is 14.8. The van der Waals surface area contributed by atoms with Crippen molar-refractivity contribution < 1.29 is 8.42 Å². The fourth-order valence-electron chi connectivity index (χ4n) is 1.92. The third kappa shape index (κ3) is 3.00. The summed E-state index contributed by atoms with van der Waals surface area (Å²) in [6, 6.07) is 12.6. The van der Waals surface area contributed by atoms with E-state index in [-0.39, 0.29) is 4.90 Å². The number of anilines is 1. The third-order valence-corrected chi connectivity index (χ3v) is 4.67. The van der Waals surface area contributed by atoms with E-state index in [1.165, 1.54) is 0 Å². The van der Waals surface area contributed by atoms with Crippen molar-refractivity contribution in [3.05, 3.63) is 48.0 Å². The van der Waals surface area contributed by atoms with Crippen molar-refractivity contribution in [1.82, 2.24) is 4.72 Å². The van der Waals surface area contributed by atoms with Crippen LogP contribution in [0.2, 0.25) is 0 Å². The predicted octanol–water partition coefficient (Wildman–Crippen LogP) is 2.54. The summed E-state index contributed by atoms with van der Waals surface area (Å²) in [5.74, 6) is 0. The summed E-state index contributed by atoms with van der Waals surface area (Å²) in [5, 5.41) is 0. The molecule has 5 heteroatoms. The average Bonchev–Trinajstić information content (AvgIpc) is 2.42. The van der Waals surface area contributed by atoms with Gasteiger partial charge in [-0.3, -0.25) is 0 Å². The van der Waals surface area contributed by atoms with Crippen LogP contribution < -0.4 is 10.5 Å². The Morgan fingerprint density at radius 2 is 1.65 bits per heavy atom. The van der Waals surface area contributed by atoms with E-state index in [4.69, 9.17) is 5.73 Å². The molecule has 2 aromatic carbocycles. The highest BCUT2D eigenvalue weighted by Gasteiger charge is 2.12. The molecule has 0 saturated carbocycles. The Balaban J connectivity index is 2.35. The van der Waals surface area contributed by atoms with Crippen LogP contribution in [-0.2, 0) is 10.0 Å². The normalized spacial score (nSPS) is 11.5. The molecule has 0 aromatic heterocycles. The van der Waals surface area contributed by atoms with E-state index in [0.29, 0.717) is 6.54 Å². The number of sulfonamides is 1. The monoisotopic (exact) mass is 290 g/mol. The molecule has 4 nitrogen and oxygen atoms in total. The van der Waals surface area contributed by atoms with Crippen molar-refractivity contribution >= 4 is 15.7 Å². The van der Waals surface area contributed by atoms with Gasteiger partial charge in [0.25, 0.3) is 0 Å². The molecule has 0 saturated heterocycles. The molecule has 20 heavy (non-hydrogen) atoms. The zero-order valence-corrected chi connectivity index (χ0v) is 12.4. The molecule has 2 rings (SSSR count). The van der Waals surface area contributed by atoms with Crippen LogP contribution in [0.4, 0.5) is 5.69 Å². The Hall–Kier alpha value is -1.85. The maximum Gasteiger partial charge on any atom is 0.240 e.